The van der Waals surface area contributed by atoms with E-state index in [-0.39, 0.29) is 4.90 Å². The Morgan fingerprint density at radius 2 is 1.95 bits per heavy atom. The second-order valence-corrected chi connectivity index (χ2v) is 6.24. The smallest absolute Gasteiger partial charge is 0.322 e. The Morgan fingerprint density at radius 3 is 2.43 bits per heavy atom. The third-order valence-corrected chi connectivity index (χ3v) is 4.45. The normalized spacial score (nSPS) is 12.7. The molecule has 1 aromatic carbocycles. The van der Waals surface area contributed by atoms with Gasteiger partial charge in [0.2, 0.25) is 10.0 Å². The third kappa shape index (κ3) is 4.54. The van der Waals surface area contributed by atoms with E-state index in [9.17, 15) is 18.0 Å². The van der Waals surface area contributed by atoms with Gasteiger partial charge in [-0.1, -0.05) is 17.7 Å². The number of aliphatic carboxylic acids is 1. The molecule has 0 aromatic heterocycles. The number of aryl methyl sites for hydroxylation is 2. The molecule has 21 heavy (non-hydrogen) atoms. The van der Waals surface area contributed by atoms with Crippen LogP contribution < -0.4 is 4.72 Å². The number of ether oxygens (including phenoxy) is 1. The Balaban J connectivity index is 3.06. The van der Waals surface area contributed by atoms with Crippen LogP contribution >= 0.6 is 0 Å². The van der Waals surface area contributed by atoms with E-state index in [4.69, 9.17) is 5.11 Å². The number of carboxylic acids is 1. The first-order valence-electron chi connectivity index (χ1n) is 6.06. The minimum atomic E-state index is -4.04. The van der Waals surface area contributed by atoms with E-state index >= 15 is 0 Å². The van der Waals surface area contributed by atoms with Gasteiger partial charge < -0.3 is 9.84 Å². The van der Waals surface area contributed by atoms with Crippen molar-refractivity contribution < 1.29 is 27.9 Å². The second-order valence-electron chi connectivity index (χ2n) is 4.56. The first kappa shape index (κ1) is 17.1. The maximum absolute atomic E-state index is 12.2. The zero-order chi connectivity index (χ0) is 16.2. The van der Waals surface area contributed by atoms with E-state index in [1.165, 1.54) is 6.07 Å². The van der Waals surface area contributed by atoms with Crippen molar-refractivity contribution in [3.05, 3.63) is 29.3 Å². The number of esters is 1. The molecule has 1 atom stereocenters. The van der Waals surface area contributed by atoms with E-state index < -0.39 is 34.4 Å². The summed E-state index contributed by atoms with van der Waals surface area (Å²) in [7, 11) is -2.95. The van der Waals surface area contributed by atoms with Gasteiger partial charge in [0, 0.05) is 0 Å². The van der Waals surface area contributed by atoms with Crippen molar-refractivity contribution >= 4 is 22.0 Å². The summed E-state index contributed by atoms with van der Waals surface area (Å²) in [6.45, 7) is 3.42. The molecule has 0 fully saturated rings. The average Bonchev–Trinajstić information content (AvgIpc) is 2.36. The Bertz CT molecular complexity index is 653. The van der Waals surface area contributed by atoms with Crippen molar-refractivity contribution in [2.75, 3.05) is 7.11 Å². The molecule has 1 rings (SSSR count). The maximum atomic E-state index is 12.2. The molecule has 0 saturated heterocycles. The Labute approximate surface area is 123 Å². The summed E-state index contributed by atoms with van der Waals surface area (Å²) in [5, 5.41) is 9.01. The van der Waals surface area contributed by atoms with Gasteiger partial charge in [-0.2, -0.15) is 4.72 Å². The van der Waals surface area contributed by atoms with Crippen LogP contribution in [-0.4, -0.2) is 38.6 Å². The monoisotopic (exact) mass is 315 g/mol. The predicted octanol–water partition coefficient (Wildman–Crippen LogP) is 0.598. The van der Waals surface area contributed by atoms with Crippen LogP contribution in [0.1, 0.15) is 17.5 Å². The van der Waals surface area contributed by atoms with E-state index in [0.717, 1.165) is 12.7 Å². The van der Waals surface area contributed by atoms with Gasteiger partial charge in [-0.05, 0) is 25.5 Å². The standard InChI is InChI=1S/C13H17NO6S/c1-8-4-5-11(9(2)6-8)21(18,19)14-10(13(16)17)7-12(15)20-3/h4-6,10,14H,7H2,1-3H3,(H,16,17)/t10-/m0/s1. The molecule has 0 aliphatic heterocycles. The molecule has 0 spiro atoms. The summed E-state index contributed by atoms with van der Waals surface area (Å²) in [6.07, 6.45) is -0.587. The third-order valence-electron chi connectivity index (χ3n) is 2.81. The van der Waals surface area contributed by atoms with Crippen molar-refractivity contribution in [2.45, 2.75) is 31.2 Å². The van der Waals surface area contributed by atoms with Crippen molar-refractivity contribution in [3.63, 3.8) is 0 Å². The Hall–Kier alpha value is -1.93. The summed E-state index contributed by atoms with van der Waals surface area (Å²) in [6, 6.07) is 3.09. The van der Waals surface area contributed by atoms with Gasteiger partial charge in [0.1, 0.15) is 6.04 Å². The quantitative estimate of drug-likeness (QED) is 0.744. The molecule has 8 heteroatoms. The molecule has 0 radical (unpaired) electrons. The zero-order valence-electron chi connectivity index (χ0n) is 11.9. The number of nitrogens with one attached hydrogen (secondary N) is 1. The van der Waals surface area contributed by atoms with E-state index in [0.29, 0.717) is 5.56 Å². The number of methoxy groups -OCH3 is 1. The SMILES string of the molecule is COC(=O)C[C@H](NS(=O)(=O)c1ccc(C)cc1C)C(=O)O. The van der Waals surface area contributed by atoms with Gasteiger partial charge in [0.15, 0.2) is 0 Å². The fourth-order valence-electron chi connectivity index (χ4n) is 1.78. The number of hydrogen-bond acceptors (Lipinski definition) is 5. The van der Waals surface area contributed by atoms with Crippen LogP contribution in [0.2, 0.25) is 0 Å². The summed E-state index contributed by atoms with van der Waals surface area (Å²) < 4.78 is 30.8. The molecule has 0 unspecified atom stereocenters. The van der Waals surface area contributed by atoms with E-state index in [2.05, 4.69) is 4.74 Å². The van der Waals surface area contributed by atoms with Gasteiger partial charge in [0.05, 0.1) is 18.4 Å². The maximum Gasteiger partial charge on any atom is 0.322 e. The first-order valence-corrected chi connectivity index (χ1v) is 7.55. The second kappa shape index (κ2) is 6.68. The topological polar surface area (TPSA) is 110 Å². The van der Waals surface area contributed by atoms with Crippen LogP contribution in [-0.2, 0) is 24.3 Å². The molecule has 0 amide bonds. The van der Waals surface area contributed by atoms with E-state index in [1.807, 2.05) is 11.6 Å². The highest BCUT2D eigenvalue weighted by Gasteiger charge is 2.28. The lowest BCUT2D eigenvalue weighted by Crippen LogP contribution is -2.42. The van der Waals surface area contributed by atoms with Crippen LogP contribution in [0.3, 0.4) is 0 Å². The molecule has 2 N–H and O–H groups in total. The van der Waals surface area contributed by atoms with Crippen molar-refractivity contribution in [1.29, 1.82) is 0 Å². The lowest BCUT2D eigenvalue weighted by atomic mass is 10.2. The molecule has 0 aliphatic carbocycles. The van der Waals surface area contributed by atoms with Gasteiger partial charge in [0.25, 0.3) is 0 Å². The minimum Gasteiger partial charge on any atom is -0.480 e. The lowest BCUT2D eigenvalue weighted by Gasteiger charge is -2.15. The molecular formula is C13H17NO6S. The number of carboxylic acid groups (broad SMARTS) is 1. The van der Waals surface area contributed by atoms with Gasteiger partial charge in [-0.3, -0.25) is 9.59 Å². The molecule has 7 nitrogen and oxygen atoms in total. The van der Waals surface area contributed by atoms with Crippen LogP contribution in [0.25, 0.3) is 0 Å². The predicted molar refractivity (Wildman–Crippen MR) is 74.3 cm³/mol. The molecular weight excluding hydrogens is 298 g/mol. The number of carbonyl (C=O) groups is 2. The zero-order valence-corrected chi connectivity index (χ0v) is 12.7. The van der Waals surface area contributed by atoms with Crippen LogP contribution in [0.5, 0.6) is 0 Å². The summed E-state index contributed by atoms with van der Waals surface area (Å²) >= 11 is 0. The highest BCUT2D eigenvalue weighted by Crippen LogP contribution is 2.17. The molecule has 0 heterocycles. The van der Waals surface area contributed by atoms with Crippen molar-refractivity contribution in [3.8, 4) is 0 Å². The van der Waals surface area contributed by atoms with Gasteiger partial charge >= 0.3 is 11.9 Å². The van der Waals surface area contributed by atoms with Crippen LogP contribution in [0, 0.1) is 13.8 Å². The van der Waals surface area contributed by atoms with Crippen LogP contribution in [0.15, 0.2) is 23.1 Å². The Morgan fingerprint density at radius 1 is 1.33 bits per heavy atom. The number of rotatable bonds is 6. The largest absolute Gasteiger partial charge is 0.480 e. The number of carbonyl (C=O) groups excluding carboxylic acids is 1. The minimum absolute atomic E-state index is 0.0239. The van der Waals surface area contributed by atoms with E-state index in [1.54, 1.807) is 19.1 Å². The fraction of sp³-hybridized carbons (Fsp3) is 0.385. The molecule has 0 aliphatic rings. The Kier molecular flexibility index (Phi) is 5.45. The van der Waals surface area contributed by atoms with Crippen molar-refractivity contribution in [2.24, 2.45) is 0 Å². The number of benzene rings is 1. The summed E-state index contributed by atoms with van der Waals surface area (Å²) in [5.41, 5.74) is 1.38. The van der Waals surface area contributed by atoms with Gasteiger partial charge in [-0.15, -0.1) is 0 Å². The highest BCUT2D eigenvalue weighted by molar-refractivity contribution is 7.89. The van der Waals surface area contributed by atoms with Gasteiger partial charge in [-0.25, -0.2) is 8.42 Å². The first-order chi connectivity index (χ1) is 9.67. The molecule has 116 valence electrons. The summed E-state index contributed by atoms with van der Waals surface area (Å²) in [4.78, 5) is 22.2. The molecule has 0 saturated carbocycles. The number of sulfonamides is 1. The summed E-state index contributed by atoms with van der Waals surface area (Å²) in [5.74, 6) is -2.26. The fourth-order valence-corrected chi connectivity index (χ4v) is 3.20. The average molecular weight is 315 g/mol. The van der Waals surface area contributed by atoms with Crippen LogP contribution in [0.4, 0.5) is 0 Å². The highest BCUT2D eigenvalue weighted by atomic mass is 32.2. The number of hydrogen-bond donors (Lipinski definition) is 2. The molecule has 1 aromatic rings. The molecule has 0 bridgehead atoms. The van der Waals surface area contributed by atoms with Crippen molar-refractivity contribution in [1.82, 2.24) is 4.72 Å². The lowest BCUT2D eigenvalue weighted by molar-refractivity contribution is -0.147.